The van der Waals surface area contributed by atoms with Gasteiger partial charge in [0.05, 0.1) is 6.61 Å². The highest BCUT2D eigenvalue weighted by Crippen LogP contribution is 2.08. The number of hydrogen-bond donors (Lipinski definition) is 0. The number of rotatable bonds is 10. The summed E-state index contributed by atoms with van der Waals surface area (Å²) in [5.41, 5.74) is 0. The van der Waals surface area contributed by atoms with Crippen LogP contribution in [-0.4, -0.2) is 36.0 Å². The smallest absolute Gasteiger partial charge is 0.328 e. The largest absolute Gasteiger partial charge is 0.464 e. The minimum absolute atomic E-state index is 0.211. The van der Waals surface area contributed by atoms with Gasteiger partial charge in [0, 0.05) is 6.54 Å². The van der Waals surface area contributed by atoms with E-state index in [0.717, 1.165) is 32.1 Å². The molecule has 110 valence electrons. The number of carbonyl (C=O) groups excluding carboxylic acids is 2. The molecule has 4 nitrogen and oxygen atoms in total. The lowest BCUT2D eigenvalue weighted by Crippen LogP contribution is -2.43. The van der Waals surface area contributed by atoms with Crippen LogP contribution in [0.15, 0.2) is 12.7 Å². The van der Waals surface area contributed by atoms with Crippen LogP contribution in [0.4, 0.5) is 0 Å². The molecule has 0 aliphatic rings. The van der Waals surface area contributed by atoms with Crippen molar-refractivity contribution in [1.29, 1.82) is 0 Å². The Labute approximate surface area is 116 Å². The van der Waals surface area contributed by atoms with Gasteiger partial charge in [-0.05, 0) is 25.8 Å². The number of ether oxygens (including phenoxy) is 1. The fraction of sp³-hybridized carbons (Fsp3) is 0.733. The van der Waals surface area contributed by atoms with E-state index in [9.17, 15) is 9.59 Å². The van der Waals surface area contributed by atoms with Gasteiger partial charge in [-0.25, -0.2) is 4.79 Å². The Hall–Kier alpha value is -1.32. The van der Waals surface area contributed by atoms with Gasteiger partial charge in [-0.1, -0.05) is 39.7 Å². The van der Waals surface area contributed by atoms with Crippen molar-refractivity contribution in [2.75, 3.05) is 13.2 Å². The van der Waals surface area contributed by atoms with E-state index in [4.69, 9.17) is 4.74 Å². The molecule has 0 aromatic rings. The molecule has 1 atom stereocenters. The van der Waals surface area contributed by atoms with E-state index in [1.807, 2.05) is 6.92 Å². The zero-order valence-electron chi connectivity index (χ0n) is 12.5. The normalized spacial score (nSPS) is 11.7. The van der Waals surface area contributed by atoms with Gasteiger partial charge >= 0.3 is 5.97 Å². The molecule has 0 aromatic heterocycles. The topological polar surface area (TPSA) is 46.6 Å². The van der Waals surface area contributed by atoms with Crippen molar-refractivity contribution in [3.63, 3.8) is 0 Å². The SMILES string of the molecule is C=CC(=O)N(CCCCCC)C(C)C(=O)OCCC. The first kappa shape index (κ1) is 17.7. The first-order valence-corrected chi connectivity index (χ1v) is 7.18. The third kappa shape index (κ3) is 6.99. The highest BCUT2D eigenvalue weighted by atomic mass is 16.5. The molecule has 0 saturated heterocycles. The highest BCUT2D eigenvalue weighted by Gasteiger charge is 2.24. The van der Waals surface area contributed by atoms with Gasteiger partial charge in [0.25, 0.3) is 0 Å². The molecule has 0 heterocycles. The van der Waals surface area contributed by atoms with Gasteiger partial charge in [-0.15, -0.1) is 0 Å². The Morgan fingerprint density at radius 1 is 1.21 bits per heavy atom. The van der Waals surface area contributed by atoms with Crippen molar-refractivity contribution in [3.05, 3.63) is 12.7 Å². The summed E-state index contributed by atoms with van der Waals surface area (Å²) in [6, 6.07) is -0.543. The van der Waals surface area contributed by atoms with E-state index in [2.05, 4.69) is 13.5 Å². The van der Waals surface area contributed by atoms with E-state index >= 15 is 0 Å². The van der Waals surface area contributed by atoms with Crippen molar-refractivity contribution >= 4 is 11.9 Å². The van der Waals surface area contributed by atoms with Crippen molar-refractivity contribution in [2.45, 2.75) is 58.9 Å². The number of nitrogens with zero attached hydrogens (tertiary/aromatic N) is 1. The molecular weight excluding hydrogens is 242 g/mol. The number of amides is 1. The van der Waals surface area contributed by atoms with Gasteiger partial charge in [-0.2, -0.15) is 0 Å². The van der Waals surface area contributed by atoms with Crippen LogP contribution in [0, 0.1) is 0 Å². The van der Waals surface area contributed by atoms with E-state index in [0.29, 0.717) is 13.2 Å². The zero-order chi connectivity index (χ0) is 14.7. The fourth-order valence-electron chi connectivity index (χ4n) is 1.77. The van der Waals surface area contributed by atoms with Gasteiger partial charge in [0.1, 0.15) is 6.04 Å². The molecule has 0 rings (SSSR count). The van der Waals surface area contributed by atoms with E-state index in [1.54, 1.807) is 11.8 Å². The lowest BCUT2D eigenvalue weighted by Gasteiger charge is -2.26. The molecule has 0 radical (unpaired) electrons. The summed E-state index contributed by atoms with van der Waals surface area (Å²) in [4.78, 5) is 25.1. The molecule has 0 aliphatic carbocycles. The maximum absolute atomic E-state index is 11.8. The Kier molecular flexibility index (Phi) is 9.85. The number of esters is 1. The Balaban J connectivity index is 4.42. The molecule has 0 fully saturated rings. The molecule has 19 heavy (non-hydrogen) atoms. The third-order valence-corrected chi connectivity index (χ3v) is 2.97. The summed E-state index contributed by atoms with van der Waals surface area (Å²) in [6.45, 7) is 10.2. The van der Waals surface area contributed by atoms with Gasteiger partial charge in [-0.3, -0.25) is 4.79 Å². The van der Waals surface area contributed by atoms with Crippen LogP contribution in [-0.2, 0) is 14.3 Å². The number of unbranched alkanes of at least 4 members (excludes halogenated alkanes) is 3. The second kappa shape index (κ2) is 10.6. The second-order valence-corrected chi connectivity index (χ2v) is 4.64. The Bertz CT molecular complexity index is 289. The lowest BCUT2D eigenvalue weighted by molar-refractivity contribution is -0.153. The van der Waals surface area contributed by atoms with Crippen LogP contribution in [0.25, 0.3) is 0 Å². The molecule has 0 bridgehead atoms. The monoisotopic (exact) mass is 269 g/mol. The first-order chi connectivity index (χ1) is 9.08. The molecular formula is C15H27NO3. The van der Waals surface area contributed by atoms with Crippen molar-refractivity contribution in [2.24, 2.45) is 0 Å². The minimum atomic E-state index is -0.543. The molecule has 0 aliphatic heterocycles. The zero-order valence-corrected chi connectivity index (χ0v) is 12.5. The van der Waals surface area contributed by atoms with Crippen molar-refractivity contribution < 1.29 is 14.3 Å². The van der Waals surface area contributed by atoms with Gasteiger partial charge < -0.3 is 9.64 Å². The van der Waals surface area contributed by atoms with Crippen LogP contribution in [0.5, 0.6) is 0 Å². The van der Waals surface area contributed by atoms with Crippen LogP contribution >= 0.6 is 0 Å². The third-order valence-electron chi connectivity index (χ3n) is 2.97. The maximum atomic E-state index is 11.8. The molecule has 0 saturated carbocycles. The Morgan fingerprint density at radius 2 is 1.89 bits per heavy atom. The average Bonchev–Trinajstić information content (AvgIpc) is 2.43. The molecule has 1 unspecified atom stereocenters. The van der Waals surface area contributed by atoms with Crippen molar-refractivity contribution in [1.82, 2.24) is 4.90 Å². The quantitative estimate of drug-likeness (QED) is 0.348. The molecule has 1 amide bonds. The molecule has 4 heteroatoms. The summed E-state index contributed by atoms with van der Waals surface area (Å²) >= 11 is 0. The predicted octanol–water partition coefficient (Wildman–Crippen LogP) is 2.92. The van der Waals surface area contributed by atoms with Crippen LogP contribution in [0.3, 0.4) is 0 Å². The Morgan fingerprint density at radius 3 is 2.42 bits per heavy atom. The summed E-state index contributed by atoms with van der Waals surface area (Å²) in [5, 5.41) is 0. The maximum Gasteiger partial charge on any atom is 0.328 e. The summed E-state index contributed by atoms with van der Waals surface area (Å²) in [5.74, 6) is -0.551. The molecule has 0 N–H and O–H groups in total. The molecule has 0 aromatic carbocycles. The van der Waals surface area contributed by atoms with Gasteiger partial charge in [0.2, 0.25) is 5.91 Å². The van der Waals surface area contributed by atoms with Crippen molar-refractivity contribution in [3.8, 4) is 0 Å². The number of hydrogen-bond acceptors (Lipinski definition) is 3. The number of carbonyl (C=O) groups is 2. The highest BCUT2D eigenvalue weighted by molar-refractivity contribution is 5.91. The van der Waals surface area contributed by atoms with Crippen LogP contribution in [0.2, 0.25) is 0 Å². The first-order valence-electron chi connectivity index (χ1n) is 7.18. The van der Waals surface area contributed by atoms with Gasteiger partial charge in [0.15, 0.2) is 0 Å². The average molecular weight is 269 g/mol. The predicted molar refractivity (Wildman–Crippen MR) is 76.8 cm³/mol. The van der Waals surface area contributed by atoms with E-state index in [-0.39, 0.29) is 11.9 Å². The van der Waals surface area contributed by atoms with E-state index in [1.165, 1.54) is 6.08 Å². The standard InChI is InChI=1S/C15H27NO3/c1-5-8-9-10-11-16(14(17)7-3)13(4)15(18)19-12-6-2/h7,13H,3,5-6,8-12H2,1-2,4H3. The fourth-order valence-corrected chi connectivity index (χ4v) is 1.77. The summed E-state index contributed by atoms with van der Waals surface area (Å²) in [7, 11) is 0. The van der Waals surface area contributed by atoms with E-state index < -0.39 is 6.04 Å². The summed E-state index contributed by atoms with van der Waals surface area (Å²) in [6.07, 6.45) is 6.29. The minimum Gasteiger partial charge on any atom is -0.464 e. The second-order valence-electron chi connectivity index (χ2n) is 4.64. The lowest BCUT2D eigenvalue weighted by atomic mass is 10.1. The van der Waals surface area contributed by atoms with Crippen LogP contribution < -0.4 is 0 Å². The summed E-state index contributed by atoms with van der Waals surface area (Å²) < 4.78 is 5.09. The van der Waals surface area contributed by atoms with Crippen LogP contribution in [0.1, 0.15) is 52.9 Å². The molecule has 0 spiro atoms.